The lowest BCUT2D eigenvalue weighted by atomic mass is 10.3. The van der Waals surface area contributed by atoms with Crippen LogP contribution in [0.25, 0.3) is 0 Å². The van der Waals surface area contributed by atoms with E-state index in [0.29, 0.717) is 0 Å². The van der Waals surface area contributed by atoms with Gasteiger partial charge in [-0.05, 0) is 51.9 Å². The standard InChI is InChI=1S/C13H23N3S/c1(2-9-16-10-3-4-11-16)6-14-7-5-13-15-8-12-17-13/h8,12,14H,1-7,9-11H2. The van der Waals surface area contributed by atoms with E-state index in [4.69, 9.17) is 0 Å². The Bertz CT molecular complexity index is 281. The number of aromatic nitrogens is 1. The molecular formula is C13H23N3S. The van der Waals surface area contributed by atoms with Crippen molar-refractivity contribution >= 4 is 11.3 Å². The summed E-state index contributed by atoms with van der Waals surface area (Å²) >= 11 is 1.75. The molecule has 17 heavy (non-hydrogen) atoms. The topological polar surface area (TPSA) is 28.2 Å². The highest BCUT2D eigenvalue weighted by molar-refractivity contribution is 7.09. The van der Waals surface area contributed by atoms with Crippen molar-refractivity contribution < 1.29 is 0 Å². The maximum absolute atomic E-state index is 4.27. The van der Waals surface area contributed by atoms with Crippen LogP contribution in [0, 0.1) is 0 Å². The molecule has 1 aromatic rings. The largest absolute Gasteiger partial charge is 0.316 e. The molecule has 1 aromatic heterocycles. The highest BCUT2D eigenvalue weighted by atomic mass is 32.1. The Morgan fingerprint density at radius 2 is 2.12 bits per heavy atom. The zero-order valence-electron chi connectivity index (χ0n) is 10.5. The van der Waals surface area contributed by atoms with Gasteiger partial charge in [0.2, 0.25) is 0 Å². The number of thiazole rings is 1. The van der Waals surface area contributed by atoms with Gasteiger partial charge in [0.05, 0.1) is 5.01 Å². The van der Waals surface area contributed by atoms with Gasteiger partial charge in [-0.3, -0.25) is 0 Å². The molecule has 0 saturated carbocycles. The Morgan fingerprint density at radius 3 is 2.88 bits per heavy atom. The second-order valence-electron chi connectivity index (χ2n) is 4.68. The number of nitrogens with one attached hydrogen (secondary N) is 1. The first-order valence-electron chi connectivity index (χ1n) is 6.76. The number of hydrogen-bond donors (Lipinski definition) is 1. The molecule has 1 N–H and O–H groups in total. The predicted molar refractivity (Wildman–Crippen MR) is 73.6 cm³/mol. The average Bonchev–Trinajstić information content (AvgIpc) is 3.00. The fourth-order valence-corrected chi connectivity index (χ4v) is 2.91. The molecule has 1 aliphatic rings. The van der Waals surface area contributed by atoms with Gasteiger partial charge in [-0.25, -0.2) is 4.98 Å². The van der Waals surface area contributed by atoms with Crippen LogP contribution in [0.15, 0.2) is 11.6 Å². The van der Waals surface area contributed by atoms with Crippen molar-refractivity contribution in [2.24, 2.45) is 0 Å². The van der Waals surface area contributed by atoms with E-state index in [-0.39, 0.29) is 0 Å². The van der Waals surface area contributed by atoms with Gasteiger partial charge in [-0.2, -0.15) is 0 Å². The fraction of sp³-hybridized carbons (Fsp3) is 0.769. The van der Waals surface area contributed by atoms with Crippen LogP contribution in [0.4, 0.5) is 0 Å². The van der Waals surface area contributed by atoms with Crippen LogP contribution >= 0.6 is 11.3 Å². The van der Waals surface area contributed by atoms with Gasteiger partial charge in [0, 0.05) is 24.5 Å². The molecular weight excluding hydrogens is 230 g/mol. The van der Waals surface area contributed by atoms with Crippen molar-refractivity contribution in [2.45, 2.75) is 32.1 Å². The molecule has 3 nitrogen and oxygen atoms in total. The first-order valence-corrected chi connectivity index (χ1v) is 7.64. The van der Waals surface area contributed by atoms with Gasteiger partial charge in [0.25, 0.3) is 0 Å². The molecule has 0 atom stereocenters. The van der Waals surface area contributed by atoms with E-state index in [1.165, 1.54) is 50.3 Å². The number of likely N-dealkylation sites (tertiary alicyclic amines) is 1. The van der Waals surface area contributed by atoms with E-state index < -0.39 is 0 Å². The second-order valence-corrected chi connectivity index (χ2v) is 5.66. The quantitative estimate of drug-likeness (QED) is 0.720. The lowest BCUT2D eigenvalue weighted by molar-refractivity contribution is 0.329. The number of hydrogen-bond acceptors (Lipinski definition) is 4. The third-order valence-electron chi connectivity index (χ3n) is 3.28. The Kier molecular flexibility index (Phi) is 5.96. The van der Waals surface area contributed by atoms with Crippen molar-refractivity contribution in [3.05, 3.63) is 16.6 Å². The Morgan fingerprint density at radius 1 is 1.24 bits per heavy atom. The summed E-state index contributed by atoms with van der Waals surface area (Å²) in [4.78, 5) is 6.87. The third kappa shape index (κ3) is 5.15. The highest BCUT2D eigenvalue weighted by Crippen LogP contribution is 2.08. The summed E-state index contributed by atoms with van der Waals surface area (Å²) in [5.74, 6) is 0. The third-order valence-corrected chi connectivity index (χ3v) is 4.12. The summed E-state index contributed by atoms with van der Waals surface area (Å²) in [7, 11) is 0. The first-order chi connectivity index (χ1) is 8.45. The molecule has 0 spiro atoms. The van der Waals surface area contributed by atoms with E-state index >= 15 is 0 Å². The van der Waals surface area contributed by atoms with Crippen molar-refractivity contribution in [2.75, 3.05) is 32.7 Å². The summed E-state index contributed by atoms with van der Waals surface area (Å²) in [6, 6.07) is 0. The monoisotopic (exact) mass is 253 g/mol. The van der Waals surface area contributed by atoms with E-state index in [1.807, 2.05) is 11.6 Å². The normalized spacial score (nSPS) is 16.7. The molecule has 0 aromatic carbocycles. The minimum absolute atomic E-state index is 1.07. The molecule has 2 heterocycles. The summed E-state index contributed by atoms with van der Waals surface area (Å²) in [6.45, 7) is 6.18. The zero-order valence-corrected chi connectivity index (χ0v) is 11.3. The molecule has 1 saturated heterocycles. The average molecular weight is 253 g/mol. The Balaban J connectivity index is 1.39. The molecule has 2 rings (SSSR count). The molecule has 0 aliphatic carbocycles. The minimum Gasteiger partial charge on any atom is -0.316 e. The molecule has 0 radical (unpaired) electrons. The molecule has 1 fully saturated rings. The molecule has 0 bridgehead atoms. The maximum atomic E-state index is 4.27. The van der Waals surface area contributed by atoms with Crippen molar-refractivity contribution in [1.29, 1.82) is 0 Å². The number of unbranched alkanes of at least 4 members (excludes halogenated alkanes) is 1. The fourth-order valence-electron chi connectivity index (χ4n) is 2.29. The van der Waals surface area contributed by atoms with Crippen LogP contribution in [0.5, 0.6) is 0 Å². The van der Waals surface area contributed by atoms with E-state index in [2.05, 4.69) is 15.2 Å². The van der Waals surface area contributed by atoms with Crippen LogP contribution in [0.2, 0.25) is 0 Å². The summed E-state index contributed by atoms with van der Waals surface area (Å²) < 4.78 is 0. The van der Waals surface area contributed by atoms with Crippen molar-refractivity contribution in [3.8, 4) is 0 Å². The van der Waals surface area contributed by atoms with Crippen molar-refractivity contribution in [3.63, 3.8) is 0 Å². The first kappa shape index (κ1) is 13.0. The molecule has 4 heteroatoms. The molecule has 96 valence electrons. The summed E-state index contributed by atoms with van der Waals surface area (Å²) in [6.07, 6.45) is 8.41. The van der Waals surface area contributed by atoms with Gasteiger partial charge in [0.15, 0.2) is 0 Å². The highest BCUT2D eigenvalue weighted by Gasteiger charge is 2.09. The van der Waals surface area contributed by atoms with Crippen LogP contribution in [-0.4, -0.2) is 42.6 Å². The smallest absolute Gasteiger partial charge is 0.0937 e. The van der Waals surface area contributed by atoms with Crippen LogP contribution < -0.4 is 5.32 Å². The van der Waals surface area contributed by atoms with Gasteiger partial charge in [-0.15, -0.1) is 11.3 Å². The molecule has 1 aliphatic heterocycles. The van der Waals surface area contributed by atoms with Crippen molar-refractivity contribution in [1.82, 2.24) is 15.2 Å². The predicted octanol–water partition coefficient (Wildman–Crippen LogP) is 2.15. The van der Waals surface area contributed by atoms with Gasteiger partial charge >= 0.3 is 0 Å². The zero-order chi connectivity index (χ0) is 11.8. The SMILES string of the molecule is c1csc(CCNCCCCN2CCCC2)n1. The maximum Gasteiger partial charge on any atom is 0.0937 e. The Labute approximate surface area is 108 Å². The minimum atomic E-state index is 1.07. The van der Waals surface area contributed by atoms with Crippen LogP contribution in [0.3, 0.4) is 0 Å². The van der Waals surface area contributed by atoms with Crippen LogP contribution in [0.1, 0.15) is 30.7 Å². The van der Waals surface area contributed by atoms with Gasteiger partial charge in [0.1, 0.15) is 0 Å². The van der Waals surface area contributed by atoms with Gasteiger partial charge in [-0.1, -0.05) is 0 Å². The lowest BCUT2D eigenvalue weighted by Gasteiger charge is -2.13. The summed E-state index contributed by atoms with van der Waals surface area (Å²) in [5, 5.41) is 6.79. The second kappa shape index (κ2) is 7.80. The van der Waals surface area contributed by atoms with E-state index in [1.54, 1.807) is 11.3 Å². The number of nitrogens with zero attached hydrogens (tertiary/aromatic N) is 2. The molecule has 0 unspecified atom stereocenters. The van der Waals surface area contributed by atoms with Crippen LogP contribution in [-0.2, 0) is 6.42 Å². The van der Waals surface area contributed by atoms with E-state index in [0.717, 1.165) is 19.5 Å². The number of rotatable bonds is 8. The Hall–Kier alpha value is -0.450. The lowest BCUT2D eigenvalue weighted by Crippen LogP contribution is -2.23. The summed E-state index contributed by atoms with van der Waals surface area (Å²) in [5.41, 5.74) is 0. The van der Waals surface area contributed by atoms with Gasteiger partial charge < -0.3 is 10.2 Å². The molecule has 0 amide bonds. The van der Waals surface area contributed by atoms with E-state index in [9.17, 15) is 0 Å².